The summed E-state index contributed by atoms with van der Waals surface area (Å²) in [6.45, 7) is 5.12. The Bertz CT molecular complexity index is 1120. The van der Waals surface area contributed by atoms with Crippen molar-refractivity contribution in [2.24, 2.45) is 22.6 Å². The van der Waals surface area contributed by atoms with Gasteiger partial charge in [-0.3, -0.25) is 14.6 Å². The number of anilines is 1. The second kappa shape index (κ2) is 12.5. The maximum absolute atomic E-state index is 13.7. The number of amides is 2. The van der Waals surface area contributed by atoms with Crippen molar-refractivity contribution < 1.29 is 19.1 Å². The molecule has 0 radical (unpaired) electrons. The van der Waals surface area contributed by atoms with Gasteiger partial charge >= 0.3 is 0 Å². The summed E-state index contributed by atoms with van der Waals surface area (Å²) in [6.07, 6.45) is 14.8. The molecule has 2 heterocycles. The van der Waals surface area contributed by atoms with E-state index in [-0.39, 0.29) is 34.8 Å². The number of carbonyl (C=O) groups is 2. The van der Waals surface area contributed by atoms with Crippen LogP contribution in [0.5, 0.6) is 0 Å². The molecule has 0 aromatic heterocycles. The molecule has 8 heteroatoms. The highest BCUT2D eigenvalue weighted by Crippen LogP contribution is 2.44. The van der Waals surface area contributed by atoms with Crippen molar-refractivity contribution in [3.8, 4) is 0 Å². The molecule has 39 heavy (non-hydrogen) atoms. The molecular formula is C31H42N4O4. The zero-order valence-corrected chi connectivity index (χ0v) is 23.0. The van der Waals surface area contributed by atoms with Crippen LogP contribution in [0.3, 0.4) is 0 Å². The third-order valence-corrected chi connectivity index (χ3v) is 8.98. The summed E-state index contributed by atoms with van der Waals surface area (Å²) in [4.78, 5) is 31.5. The van der Waals surface area contributed by atoms with Gasteiger partial charge in [0.2, 0.25) is 5.91 Å². The number of carbonyl (C=O) groups excluding carboxylic acids is 2. The van der Waals surface area contributed by atoms with Gasteiger partial charge in [-0.05, 0) is 73.6 Å². The van der Waals surface area contributed by atoms with E-state index in [0.717, 1.165) is 75.8 Å². The molecule has 1 spiro atoms. The average Bonchev–Trinajstić information content (AvgIpc) is 3.30. The van der Waals surface area contributed by atoms with E-state index >= 15 is 0 Å². The SMILES string of the molecule is CC1CCC(C(NC(=O)C(C=NC2CCOCC2)=CN)C(=O)Nc2ccc3c(c2)C=CC32CCOCC2)CC1. The van der Waals surface area contributed by atoms with E-state index in [1.807, 2.05) is 12.1 Å². The summed E-state index contributed by atoms with van der Waals surface area (Å²) in [5.74, 6) is 0.137. The lowest BCUT2D eigenvalue weighted by Crippen LogP contribution is -2.50. The summed E-state index contributed by atoms with van der Waals surface area (Å²) in [5.41, 5.74) is 9.32. The average molecular weight is 535 g/mol. The minimum absolute atomic E-state index is 0.0442. The van der Waals surface area contributed by atoms with Crippen LogP contribution in [0.15, 0.2) is 41.0 Å². The Hall–Kier alpha value is -2.97. The number of hydrogen-bond acceptors (Lipinski definition) is 6. The molecular weight excluding hydrogens is 492 g/mol. The van der Waals surface area contributed by atoms with Crippen LogP contribution in [0, 0.1) is 11.8 Å². The second-order valence-corrected chi connectivity index (χ2v) is 11.6. The number of ether oxygens (including phenoxy) is 2. The first-order valence-electron chi connectivity index (χ1n) is 14.5. The number of rotatable bonds is 7. The van der Waals surface area contributed by atoms with Crippen LogP contribution in [-0.2, 0) is 24.5 Å². The monoisotopic (exact) mass is 534 g/mol. The Morgan fingerprint density at radius 1 is 1.05 bits per heavy atom. The number of nitrogens with one attached hydrogen (secondary N) is 2. The molecule has 2 amide bonds. The third-order valence-electron chi connectivity index (χ3n) is 8.98. The van der Waals surface area contributed by atoms with Gasteiger partial charge in [0, 0.05) is 49.9 Å². The summed E-state index contributed by atoms with van der Waals surface area (Å²) < 4.78 is 11.0. The largest absolute Gasteiger partial charge is 0.404 e. The maximum atomic E-state index is 13.7. The van der Waals surface area contributed by atoms with Crippen LogP contribution in [0.1, 0.15) is 69.4 Å². The number of hydrogen-bond donors (Lipinski definition) is 3. The summed E-state index contributed by atoms with van der Waals surface area (Å²) in [7, 11) is 0. The van der Waals surface area contributed by atoms with Crippen LogP contribution in [-0.4, -0.2) is 56.5 Å². The van der Waals surface area contributed by atoms with Crippen molar-refractivity contribution in [1.29, 1.82) is 0 Å². The molecule has 4 aliphatic rings. The zero-order chi connectivity index (χ0) is 27.2. The Labute approximate surface area is 231 Å². The third kappa shape index (κ3) is 6.44. The normalized spacial score (nSPS) is 25.9. The Morgan fingerprint density at radius 2 is 1.77 bits per heavy atom. The van der Waals surface area contributed by atoms with Gasteiger partial charge in [0.05, 0.1) is 11.6 Å². The van der Waals surface area contributed by atoms with E-state index in [1.54, 1.807) is 6.21 Å². The number of benzene rings is 1. The van der Waals surface area contributed by atoms with Crippen molar-refractivity contribution in [2.45, 2.75) is 75.8 Å². The molecule has 1 atom stereocenters. The zero-order valence-electron chi connectivity index (χ0n) is 23.0. The Kier molecular flexibility index (Phi) is 8.82. The van der Waals surface area contributed by atoms with E-state index in [9.17, 15) is 9.59 Å². The molecule has 3 fully saturated rings. The van der Waals surface area contributed by atoms with Crippen molar-refractivity contribution in [3.05, 3.63) is 47.2 Å². The van der Waals surface area contributed by atoms with E-state index in [1.165, 1.54) is 11.8 Å². The lowest BCUT2D eigenvalue weighted by atomic mass is 9.76. The number of aliphatic imine (C=N–C) groups is 1. The number of nitrogens with two attached hydrogens (primary N) is 1. The van der Waals surface area contributed by atoms with Crippen LogP contribution < -0.4 is 16.4 Å². The van der Waals surface area contributed by atoms with Gasteiger partial charge < -0.3 is 25.8 Å². The molecule has 1 aromatic rings. The van der Waals surface area contributed by atoms with Crippen LogP contribution in [0.25, 0.3) is 6.08 Å². The lowest BCUT2D eigenvalue weighted by Gasteiger charge is -2.33. The minimum atomic E-state index is -0.651. The van der Waals surface area contributed by atoms with Gasteiger partial charge in [-0.1, -0.05) is 38.0 Å². The molecule has 5 rings (SSSR count). The highest BCUT2D eigenvalue weighted by molar-refractivity contribution is 6.13. The topological polar surface area (TPSA) is 115 Å². The van der Waals surface area contributed by atoms with Crippen molar-refractivity contribution in [3.63, 3.8) is 0 Å². The van der Waals surface area contributed by atoms with E-state index in [4.69, 9.17) is 15.2 Å². The van der Waals surface area contributed by atoms with Crippen molar-refractivity contribution in [1.82, 2.24) is 5.32 Å². The highest BCUT2D eigenvalue weighted by atomic mass is 16.5. The van der Waals surface area contributed by atoms with Crippen molar-refractivity contribution >= 4 is 29.8 Å². The predicted octanol–water partition coefficient (Wildman–Crippen LogP) is 4.10. The molecule has 210 valence electrons. The molecule has 8 nitrogen and oxygen atoms in total. The van der Waals surface area contributed by atoms with Gasteiger partial charge in [0.25, 0.3) is 5.91 Å². The molecule has 2 aliphatic heterocycles. The van der Waals surface area contributed by atoms with E-state index < -0.39 is 6.04 Å². The number of nitrogens with zero attached hydrogens (tertiary/aromatic N) is 1. The van der Waals surface area contributed by atoms with Gasteiger partial charge in [-0.2, -0.15) is 0 Å². The molecule has 1 aromatic carbocycles. The highest BCUT2D eigenvalue weighted by Gasteiger charge is 2.37. The fraction of sp³-hybridized carbons (Fsp3) is 0.581. The first kappa shape index (κ1) is 27.6. The van der Waals surface area contributed by atoms with Gasteiger partial charge in [0.1, 0.15) is 6.04 Å². The summed E-state index contributed by atoms with van der Waals surface area (Å²) >= 11 is 0. The van der Waals surface area contributed by atoms with Crippen LogP contribution >= 0.6 is 0 Å². The predicted molar refractivity (Wildman–Crippen MR) is 153 cm³/mol. The quantitative estimate of drug-likeness (QED) is 0.360. The number of fused-ring (bicyclic) bond motifs is 2. The molecule has 2 saturated heterocycles. The second-order valence-electron chi connectivity index (χ2n) is 11.6. The molecule has 1 unspecified atom stereocenters. The summed E-state index contributed by atoms with van der Waals surface area (Å²) in [5, 5.41) is 6.12. The standard InChI is InChI=1S/C31H42N4O4/c1-21-2-4-22(5-3-21)28(35-29(36)24(19-32)20-33-25-9-14-38-15-10-25)30(37)34-26-6-7-27-23(18-26)8-11-31(27)12-16-39-17-13-31/h6-8,11,18-22,25,28H,2-5,9-10,12-17,32H2,1H3,(H,34,37)(H,35,36). The van der Waals surface area contributed by atoms with Gasteiger partial charge in [0.15, 0.2) is 0 Å². The van der Waals surface area contributed by atoms with E-state index in [0.29, 0.717) is 19.1 Å². The lowest BCUT2D eigenvalue weighted by molar-refractivity contribution is -0.125. The minimum Gasteiger partial charge on any atom is -0.404 e. The number of allylic oxidation sites excluding steroid dienone is 1. The van der Waals surface area contributed by atoms with Crippen molar-refractivity contribution in [2.75, 3.05) is 31.7 Å². The first-order chi connectivity index (χ1) is 19.0. The fourth-order valence-electron chi connectivity index (χ4n) is 6.40. The van der Waals surface area contributed by atoms with Crippen LogP contribution in [0.4, 0.5) is 5.69 Å². The Morgan fingerprint density at radius 3 is 2.49 bits per heavy atom. The smallest absolute Gasteiger partial charge is 0.254 e. The molecule has 2 aliphatic carbocycles. The van der Waals surface area contributed by atoms with E-state index in [2.05, 4.69) is 40.8 Å². The summed E-state index contributed by atoms with van der Waals surface area (Å²) in [6, 6.07) is 5.63. The fourth-order valence-corrected chi connectivity index (χ4v) is 6.40. The Balaban J connectivity index is 1.29. The molecule has 0 bridgehead atoms. The van der Waals surface area contributed by atoms with Gasteiger partial charge in [-0.25, -0.2) is 0 Å². The van der Waals surface area contributed by atoms with Gasteiger partial charge in [-0.15, -0.1) is 0 Å². The van der Waals surface area contributed by atoms with Crippen LogP contribution in [0.2, 0.25) is 0 Å². The molecule has 1 saturated carbocycles. The molecule has 4 N–H and O–H groups in total. The first-order valence-corrected chi connectivity index (χ1v) is 14.5. The maximum Gasteiger partial charge on any atom is 0.254 e.